The maximum absolute atomic E-state index is 12.0. The third kappa shape index (κ3) is 2.43. The van der Waals surface area contributed by atoms with Crippen LogP contribution in [-0.4, -0.2) is 29.8 Å². The summed E-state index contributed by atoms with van der Waals surface area (Å²) in [6.45, 7) is 5.37. The zero-order valence-electron chi connectivity index (χ0n) is 7.90. The van der Waals surface area contributed by atoms with E-state index in [1.165, 1.54) is 7.05 Å². The quantitative estimate of drug-likeness (QED) is 0.648. The summed E-state index contributed by atoms with van der Waals surface area (Å²) < 4.78 is 23.9. The minimum Gasteiger partial charge on any atom is -0.336 e. The highest BCUT2D eigenvalue weighted by Crippen LogP contribution is 2.18. The van der Waals surface area contributed by atoms with Gasteiger partial charge in [-0.1, -0.05) is 6.92 Å². The van der Waals surface area contributed by atoms with E-state index in [0.717, 1.165) is 4.90 Å². The Morgan fingerprint density at radius 1 is 1.50 bits per heavy atom. The third-order valence-electron chi connectivity index (χ3n) is 2.29. The van der Waals surface area contributed by atoms with Gasteiger partial charge in [-0.05, 0) is 20.3 Å². The van der Waals surface area contributed by atoms with Crippen LogP contribution in [0, 0.1) is 0 Å². The van der Waals surface area contributed by atoms with E-state index in [0.29, 0.717) is 6.42 Å². The Bertz CT molecular complexity index is 168. The molecule has 0 heterocycles. The van der Waals surface area contributed by atoms with Gasteiger partial charge in [0.25, 0.3) is 5.91 Å². The number of carbonyl (C=O) groups excluding carboxylic acids is 1. The minimum atomic E-state index is -2.90. The van der Waals surface area contributed by atoms with Gasteiger partial charge in [-0.3, -0.25) is 4.79 Å². The van der Waals surface area contributed by atoms with Gasteiger partial charge in [0.15, 0.2) is 0 Å². The fourth-order valence-corrected chi connectivity index (χ4v) is 0.682. The number of carbonyl (C=O) groups is 1. The second-order valence-electron chi connectivity index (χ2n) is 3.36. The lowest BCUT2D eigenvalue weighted by Crippen LogP contribution is -2.46. The van der Waals surface area contributed by atoms with E-state index in [1.807, 2.05) is 6.92 Å². The van der Waals surface area contributed by atoms with Crippen molar-refractivity contribution in [3.63, 3.8) is 0 Å². The number of halogens is 2. The minimum absolute atomic E-state index is 0.493. The molecule has 1 amide bonds. The van der Waals surface area contributed by atoms with E-state index in [2.05, 4.69) is 0 Å². The van der Waals surface area contributed by atoms with Gasteiger partial charge in [-0.2, -0.15) is 8.78 Å². The van der Waals surface area contributed by atoms with Crippen LogP contribution in [0.3, 0.4) is 0 Å². The first-order valence-electron chi connectivity index (χ1n) is 3.88. The van der Waals surface area contributed by atoms with E-state index in [4.69, 9.17) is 0 Å². The molecule has 0 aromatic rings. The molecule has 0 aliphatic heterocycles. The summed E-state index contributed by atoms with van der Waals surface area (Å²) in [5, 5.41) is 0. The Balaban J connectivity index is 4.38. The van der Waals surface area contributed by atoms with Crippen molar-refractivity contribution in [2.45, 2.75) is 39.2 Å². The molecule has 0 saturated carbocycles. The molecule has 4 heteroatoms. The van der Waals surface area contributed by atoms with Gasteiger partial charge in [0.2, 0.25) is 0 Å². The highest BCUT2D eigenvalue weighted by atomic mass is 19.3. The fraction of sp³-hybridized carbons (Fsp3) is 0.875. The first kappa shape index (κ1) is 11.3. The number of hydrogen-bond donors (Lipinski definition) is 0. The standard InChI is InChI=1S/C8H15F2NO/c1-5-8(2,3)11(4)7(12)6(9)10/h6H,5H2,1-4H3. The SMILES string of the molecule is CCC(C)(C)N(C)C(=O)C(F)F. The number of amides is 1. The number of rotatable bonds is 3. The Labute approximate surface area is 71.5 Å². The predicted molar refractivity (Wildman–Crippen MR) is 43.1 cm³/mol. The Hall–Kier alpha value is -0.670. The van der Waals surface area contributed by atoms with Gasteiger partial charge in [-0.25, -0.2) is 0 Å². The Kier molecular flexibility index (Phi) is 3.61. The number of hydrogen-bond acceptors (Lipinski definition) is 1. The van der Waals surface area contributed by atoms with Crippen molar-refractivity contribution in [2.75, 3.05) is 7.05 Å². The summed E-state index contributed by atoms with van der Waals surface area (Å²) in [5.74, 6) is -1.11. The summed E-state index contributed by atoms with van der Waals surface area (Å²) >= 11 is 0. The highest BCUT2D eigenvalue weighted by Gasteiger charge is 2.30. The molecule has 0 N–H and O–H groups in total. The molecule has 0 aliphatic rings. The van der Waals surface area contributed by atoms with Gasteiger partial charge in [0.05, 0.1) is 0 Å². The van der Waals surface area contributed by atoms with Gasteiger partial charge < -0.3 is 4.90 Å². The summed E-state index contributed by atoms with van der Waals surface area (Å²) in [6, 6.07) is 0. The third-order valence-corrected chi connectivity index (χ3v) is 2.29. The van der Waals surface area contributed by atoms with E-state index >= 15 is 0 Å². The van der Waals surface area contributed by atoms with Crippen LogP contribution in [0.4, 0.5) is 8.78 Å². The molecule has 0 radical (unpaired) electrons. The number of alkyl halides is 2. The fourth-order valence-electron chi connectivity index (χ4n) is 0.682. The molecule has 0 atom stereocenters. The second kappa shape index (κ2) is 3.83. The summed E-state index contributed by atoms with van der Waals surface area (Å²) in [6.07, 6.45) is -2.25. The van der Waals surface area contributed by atoms with Gasteiger partial charge in [0, 0.05) is 12.6 Å². The van der Waals surface area contributed by atoms with Crippen LogP contribution in [0.1, 0.15) is 27.2 Å². The first-order valence-corrected chi connectivity index (χ1v) is 3.88. The molecule has 2 nitrogen and oxygen atoms in total. The van der Waals surface area contributed by atoms with Gasteiger partial charge in [0.1, 0.15) is 0 Å². The molecule has 0 aromatic heterocycles. The van der Waals surface area contributed by atoms with Crippen LogP contribution in [0.5, 0.6) is 0 Å². The molecule has 72 valence electrons. The van der Waals surface area contributed by atoms with E-state index < -0.39 is 17.9 Å². The lowest BCUT2D eigenvalue weighted by molar-refractivity contribution is -0.146. The van der Waals surface area contributed by atoms with E-state index in [1.54, 1.807) is 13.8 Å². The first-order chi connectivity index (χ1) is 5.33. The van der Waals surface area contributed by atoms with Crippen molar-refractivity contribution in [1.29, 1.82) is 0 Å². The molecule has 12 heavy (non-hydrogen) atoms. The zero-order chi connectivity index (χ0) is 9.94. The van der Waals surface area contributed by atoms with Crippen LogP contribution in [-0.2, 0) is 4.79 Å². The topological polar surface area (TPSA) is 20.3 Å². The van der Waals surface area contributed by atoms with Crippen LogP contribution < -0.4 is 0 Å². The number of nitrogens with zero attached hydrogens (tertiary/aromatic N) is 1. The lowest BCUT2D eigenvalue weighted by atomic mass is 10.00. The summed E-state index contributed by atoms with van der Waals surface area (Å²) in [4.78, 5) is 11.9. The molecule has 0 aliphatic carbocycles. The normalized spacial score (nSPS) is 11.9. The van der Waals surface area contributed by atoms with E-state index in [-0.39, 0.29) is 0 Å². The average molecular weight is 179 g/mol. The average Bonchev–Trinajstić information content (AvgIpc) is 2.01. The van der Waals surface area contributed by atoms with Crippen LogP contribution in [0.25, 0.3) is 0 Å². The lowest BCUT2D eigenvalue weighted by Gasteiger charge is -2.34. The van der Waals surface area contributed by atoms with Crippen molar-refractivity contribution in [3.05, 3.63) is 0 Å². The molecular weight excluding hydrogens is 164 g/mol. The molecule has 0 rings (SSSR count). The largest absolute Gasteiger partial charge is 0.336 e. The Morgan fingerprint density at radius 2 is 1.92 bits per heavy atom. The van der Waals surface area contributed by atoms with Crippen LogP contribution in [0.2, 0.25) is 0 Å². The van der Waals surface area contributed by atoms with E-state index in [9.17, 15) is 13.6 Å². The molecule has 0 aromatic carbocycles. The van der Waals surface area contributed by atoms with Crippen molar-refractivity contribution >= 4 is 5.91 Å². The zero-order valence-corrected chi connectivity index (χ0v) is 7.90. The highest BCUT2D eigenvalue weighted by molar-refractivity contribution is 5.79. The molecule has 0 bridgehead atoms. The monoisotopic (exact) mass is 179 g/mol. The van der Waals surface area contributed by atoms with Crippen molar-refractivity contribution in [1.82, 2.24) is 4.90 Å². The molecule has 0 unspecified atom stereocenters. The molecule has 0 fully saturated rings. The smallest absolute Gasteiger partial charge is 0.315 e. The molecule has 0 spiro atoms. The molecular formula is C8H15F2NO. The summed E-state index contributed by atoms with van der Waals surface area (Å²) in [5.41, 5.74) is -0.493. The maximum atomic E-state index is 12.0. The van der Waals surface area contributed by atoms with Crippen LogP contribution >= 0.6 is 0 Å². The van der Waals surface area contributed by atoms with Gasteiger partial charge in [-0.15, -0.1) is 0 Å². The van der Waals surface area contributed by atoms with Gasteiger partial charge >= 0.3 is 6.43 Å². The van der Waals surface area contributed by atoms with Crippen LogP contribution in [0.15, 0.2) is 0 Å². The Morgan fingerprint density at radius 3 is 2.17 bits per heavy atom. The van der Waals surface area contributed by atoms with Crippen molar-refractivity contribution in [3.8, 4) is 0 Å². The van der Waals surface area contributed by atoms with Crippen molar-refractivity contribution in [2.24, 2.45) is 0 Å². The molecule has 0 saturated heterocycles. The predicted octanol–water partition coefficient (Wildman–Crippen LogP) is 1.90. The summed E-state index contributed by atoms with van der Waals surface area (Å²) in [7, 11) is 1.40. The second-order valence-corrected chi connectivity index (χ2v) is 3.36. The maximum Gasteiger partial charge on any atom is 0.315 e. The van der Waals surface area contributed by atoms with Crippen molar-refractivity contribution < 1.29 is 13.6 Å².